The number of carbonyl (C=O) groups excluding carboxylic acids is 2. The molecule has 1 heterocycles. The van der Waals surface area contributed by atoms with E-state index in [1.165, 1.54) is 12.0 Å². The van der Waals surface area contributed by atoms with Crippen LogP contribution in [0.5, 0.6) is 11.5 Å². The highest BCUT2D eigenvalue weighted by atomic mass is 16.5. The Hall–Kier alpha value is -2.54. The molecule has 154 valence electrons. The fourth-order valence-electron chi connectivity index (χ4n) is 3.29. The van der Waals surface area contributed by atoms with Crippen molar-refractivity contribution in [3.05, 3.63) is 35.1 Å². The van der Waals surface area contributed by atoms with Gasteiger partial charge in [0.2, 0.25) is 0 Å². The molecule has 0 saturated carbocycles. The number of carbonyl (C=O) groups is 2. The lowest BCUT2D eigenvalue weighted by Gasteiger charge is -2.27. The second kappa shape index (κ2) is 9.59. The highest BCUT2D eigenvalue weighted by Crippen LogP contribution is 2.41. The largest absolute Gasteiger partial charge is 0.503 e. The summed E-state index contributed by atoms with van der Waals surface area (Å²) in [7, 11) is 3.12. The number of rotatable bonds is 10. The van der Waals surface area contributed by atoms with Crippen molar-refractivity contribution < 1.29 is 28.9 Å². The van der Waals surface area contributed by atoms with Crippen molar-refractivity contribution in [3.8, 4) is 11.5 Å². The van der Waals surface area contributed by atoms with Crippen LogP contribution >= 0.6 is 0 Å². The van der Waals surface area contributed by atoms with E-state index < -0.39 is 17.7 Å². The lowest BCUT2D eigenvalue weighted by Crippen LogP contribution is -2.32. The monoisotopic (exact) mass is 391 g/mol. The molecule has 7 heteroatoms. The molecule has 0 spiro atoms. The predicted octanol–water partition coefficient (Wildman–Crippen LogP) is 3.19. The van der Waals surface area contributed by atoms with E-state index in [0.29, 0.717) is 36.6 Å². The Kier molecular flexibility index (Phi) is 7.45. The Labute approximate surface area is 165 Å². The van der Waals surface area contributed by atoms with Crippen molar-refractivity contribution in [1.29, 1.82) is 0 Å². The van der Waals surface area contributed by atoms with Gasteiger partial charge in [-0.1, -0.05) is 13.0 Å². The summed E-state index contributed by atoms with van der Waals surface area (Å²) in [5.41, 5.74) is 0.809. The summed E-state index contributed by atoms with van der Waals surface area (Å²) in [4.78, 5) is 26.7. The molecular formula is C21H29NO6. The minimum Gasteiger partial charge on any atom is -0.503 e. The highest BCUT2D eigenvalue weighted by molar-refractivity contribution is 6.08. The second-order valence-corrected chi connectivity index (χ2v) is 6.86. The molecule has 1 aromatic carbocycles. The number of nitrogens with zero attached hydrogens (tertiary/aromatic N) is 1. The van der Waals surface area contributed by atoms with Gasteiger partial charge in [-0.05, 0) is 38.0 Å². The molecule has 7 nitrogen and oxygen atoms in total. The van der Waals surface area contributed by atoms with Crippen molar-refractivity contribution in [2.45, 2.75) is 45.8 Å². The van der Waals surface area contributed by atoms with Gasteiger partial charge >= 0.3 is 0 Å². The summed E-state index contributed by atoms with van der Waals surface area (Å²) < 4.78 is 16.3. The van der Waals surface area contributed by atoms with Crippen LogP contribution in [0.4, 0.5) is 0 Å². The first-order chi connectivity index (χ1) is 13.3. The molecule has 2 rings (SSSR count). The minimum absolute atomic E-state index is 0.0282. The Morgan fingerprint density at radius 1 is 1.25 bits per heavy atom. The molecule has 1 unspecified atom stereocenters. The van der Waals surface area contributed by atoms with Crippen molar-refractivity contribution in [2.24, 2.45) is 0 Å². The van der Waals surface area contributed by atoms with Gasteiger partial charge in [0.05, 0.1) is 24.8 Å². The molecule has 0 fully saturated rings. The number of hydrogen-bond donors (Lipinski definition) is 1. The van der Waals surface area contributed by atoms with Gasteiger partial charge in [0, 0.05) is 26.7 Å². The van der Waals surface area contributed by atoms with Crippen LogP contribution in [0.2, 0.25) is 0 Å². The first kappa shape index (κ1) is 21.8. The number of benzene rings is 1. The standard InChI is InChI=1S/C21H29NO6/c1-6-15(23)18-19(22(10-7-11-26-4)21(25)20(18)24)14-8-9-16(28-13(2)3)17(12-14)27-5/h8-9,12-13,19,24H,6-7,10-11H2,1-5H3. The van der Waals surface area contributed by atoms with Crippen LogP contribution < -0.4 is 9.47 Å². The van der Waals surface area contributed by atoms with Crippen LogP contribution in [0.15, 0.2) is 29.5 Å². The number of ether oxygens (including phenoxy) is 3. The topological polar surface area (TPSA) is 85.3 Å². The van der Waals surface area contributed by atoms with E-state index in [1.54, 1.807) is 32.2 Å². The van der Waals surface area contributed by atoms with Crippen LogP contribution in [-0.2, 0) is 14.3 Å². The van der Waals surface area contributed by atoms with Crippen LogP contribution in [0.3, 0.4) is 0 Å². The Morgan fingerprint density at radius 3 is 2.54 bits per heavy atom. The van der Waals surface area contributed by atoms with Gasteiger partial charge in [-0.2, -0.15) is 0 Å². The van der Waals surface area contributed by atoms with Crippen LogP contribution in [0.1, 0.15) is 45.2 Å². The molecule has 0 saturated heterocycles. The number of hydrogen-bond acceptors (Lipinski definition) is 6. The molecule has 1 aromatic rings. The number of amides is 1. The van der Waals surface area contributed by atoms with Crippen molar-refractivity contribution >= 4 is 11.7 Å². The quantitative estimate of drug-likeness (QED) is 0.617. The van der Waals surface area contributed by atoms with Crippen molar-refractivity contribution in [1.82, 2.24) is 4.90 Å². The van der Waals surface area contributed by atoms with Gasteiger partial charge in [0.1, 0.15) is 0 Å². The first-order valence-electron chi connectivity index (χ1n) is 9.46. The van der Waals surface area contributed by atoms with Gasteiger partial charge < -0.3 is 24.2 Å². The molecule has 0 bridgehead atoms. The van der Waals surface area contributed by atoms with E-state index in [9.17, 15) is 14.7 Å². The lowest BCUT2D eigenvalue weighted by molar-refractivity contribution is -0.129. The number of methoxy groups -OCH3 is 2. The molecule has 0 aliphatic carbocycles. The maximum Gasteiger partial charge on any atom is 0.290 e. The SMILES string of the molecule is CCC(=O)C1=C(O)C(=O)N(CCCOC)C1c1ccc(OC(C)C)c(OC)c1. The zero-order valence-electron chi connectivity index (χ0n) is 17.2. The summed E-state index contributed by atoms with van der Waals surface area (Å²) in [6.07, 6.45) is 0.756. The smallest absolute Gasteiger partial charge is 0.290 e. The number of Topliss-reactive ketones (excluding diaryl/α,β-unsaturated/α-hetero) is 1. The predicted molar refractivity (Wildman–Crippen MR) is 105 cm³/mol. The maximum atomic E-state index is 12.6. The van der Waals surface area contributed by atoms with Crippen LogP contribution in [0, 0.1) is 0 Å². The number of aliphatic hydroxyl groups excluding tert-OH is 1. The molecule has 1 atom stereocenters. The molecule has 1 N–H and O–H groups in total. The third kappa shape index (κ3) is 4.47. The van der Waals surface area contributed by atoms with E-state index in [1.807, 2.05) is 13.8 Å². The number of aliphatic hydroxyl groups is 1. The third-order valence-electron chi connectivity index (χ3n) is 4.54. The molecule has 0 aromatic heterocycles. The molecule has 0 radical (unpaired) electrons. The molecule has 1 aliphatic heterocycles. The second-order valence-electron chi connectivity index (χ2n) is 6.86. The zero-order valence-corrected chi connectivity index (χ0v) is 17.2. The van der Waals surface area contributed by atoms with Gasteiger partial charge in [0.15, 0.2) is 23.0 Å². The normalized spacial score (nSPS) is 16.9. The van der Waals surface area contributed by atoms with Gasteiger partial charge in [-0.25, -0.2) is 0 Å². The van der Waals surface area contributed by atoms with Crippen molar-refractivity contribution in [2.75, 3.05) is 27.4 Å². The maximum absolute atomic E-state index is 12.6. The molecule has 1 aliphatic rings. The summed E-state index contributed by atoms with van der Waals surface area (Å²) in [6.45, 7) is 6.36. The summed E-state index contributed by atoms with van der Waals surface area (Å²) in [5.74, 6) is -0.195. The lowest BCUT2D eigenvalue weighted by atomic mass is 9.94. The van der Waals surface area contributed by atoms with Crippen molar-refractivity contribution in [3.63, 3.8) is 0 Å². The van der Waals surface area contributed by atoms with E-state index in [4.69, 9.17) is 14.2 Å². The van der Waals surface area contributed by atoms with E-state index >= 15 is 0 Å². The third-order valence-corrected chi connectivity index (χ3v) is 4.54. The molecular weight excluding hydrogens is 362 g/mol. The van der Waals surface area contributed by atoms with Gasteiger partial charge in [-0.15, -0.1) is 0 Å². The number of ketones is 1. The first-order valence-corrected chi connectivity index (χ1v) is 9.46. The van der Waals surface area contributed by atoms with Gasteiger partial charge in [0.25, 0.3) is 5.91 Å². The van der Waals surface area contributed by atoms with E-state index in [-0.39, 0.29) is 23.9 Å². The Morgan fingerprint density at radius 2 is 1.96 bits per heavy atom. The average Bonchev–Trinajstić information content (AvgIpc) is 2.92. The summed E-state index contributed by atoms with van der Waals surface area (Å²) >= 11 is 0. The van der Waals surface area contributed by atoms with E-state index in [0.717, 1.165) is 0 Å². The molecule has 1 amide bonds. The summed E-state index contributed by atoms with van der Waals surface area (Å²) in [5, 5.41) is 10.4. The van der Waals surface area contributed by atoms with E-state index in [2.05, 4.69) is 0 Å². The average molecular weight is 391 g/mol. The van der Waals surface area contributed by atoms with Crippen LogP contribution in [0.25, 0.3) is 0 Å². The minimum atomic E-state index is -0.668. The zero-order chi connectivity index (χ0) is 20.8. The highest BCUT2D eigenvalue weighted by Gasteiger charge is 2.42. The fraction of sp³-hybridized carbons (Fsp3) is 0.524. The van der Waals surface area contributed by atoms with Crippen LogP contribution in [-0.4, -0.2) is 55.2 Å². The summed E-state index contributed by atoms with van der Waals surface area (Å²) in [6, 6.07) is 4.64. The van der Waals surface area contributed by atoms with Gasteiger partial charge in [-0.3, -0.25) is 9.59 Å². The fourth-order valence-corrected chi connectivity index (χ4v) is 3.29. The Bertz CT molecular complexity index is 755. The Balaban J connectivity index is 2.48. The molecule has 28 heavy (non-hydrogen) atoms.